The predicted molar refractivity (Wildman–Crippen MR) is 87.2 cm³/mol. The molecule has 0 aliphatic rings. The van der Waals surface area contributed by atoms with Crippen molar-refractivity contribution in [1.82, 2.24) is 4.90 Å². The van der Waals surface area contributed by atoms with E-state index in [0.717, 1.165) is 25.2 Å². The number of thiocarbonyl (C=S) groups is 1. The quantitative estimate of drug-likeness (QED) is 0.780. The molecule has 0 unspecified atom stereocenters. The van der Waals surface area contributed by atoms with Crippen LogP contribution >= 0.6 is 12.2 Å². The second kappa shape index (κ2) is 7.70. The first-order valence-electron chi connectivity index (χ1n) is 7.10. The summed E-state index contributed by atoms with van der Waals surface area (Å²) in [5.74, 6) is 0.876. The first-order chi connectivity index (χ1) is 9.29. The number of hydrogen-bond donors (Lipinski definition) is 1. The minimum Gasteiger partial charge on any atom is -0.389 e. The molecule has 2 N–H and O–H groups in total. The van der Waals surface area contributed by atoms with Gasteiger partial charge in [-0.1, -0.05) is 46.0 Å². The molecule has 0 fully saturated rings. The number of hydrogen-bond acceptors (Lipinski definition) is 2. The van der Waals surface area contributed by atoms with E-state index < -0.39 is 0 Å². The first-order valence-corrected chi connectivity index (χ1v) is 7.51. The molecule has 0 aliphatic heterocycles. The fourth-order valence-corrected chi connectivity index (χ4v) is 2.58. The first kappa shape index (κ1) is 17.1. The summed E-state index contributed by atoms with van der Waals surface area (Å²) in [6.07, 6.45) is 0. The van der Waals surface area contributed by atoms with Crippen molar-refractivity contribution in [2.45, 2.75) is 34.2 Å². The van der Waals surface area contributed by atoms with Crippen molar-refractivity contribution in [2.24, 2.45) is 17.6 Å². The highest BCUT2D eigenvalue weighted by molar-refractivity contribution is 7.80. The summed E-state index contributed by atoms with van der Waals surface area (Å²) in [5, 5.41) is 0. The maximum atomic E-state index is 13.3. The van der Waals surface area contributed by atoms with Crippen LogP contribution in [0.15, 0.2) is 18.2 Å². The second-order valence-electron chi connectivity index (χ2n) is 6.15. The Balaban J connectivity index is 2.94. The van der Waals surface area contributed by atoms with Gasteiger partial charge in [0.05, 0.1) is 0 Å². The van der Waals surface area contributed by atoms with Gasteiger partial charge in [0.15, 0.2) is 0 Å². The zero-order valence-corrected chi connectivity index (χ0v) is 13.6. The smallest absolute Gasteiger partial charge is 0.123 e. The highest BCUT2D eigenvalue weighted by atomic mass is 32.1. The third kappa shape index (κ3) is 5.55. The average Bonchev–Trinajstić information content (AvgIpc) is 2.29. The van der Waals surface area contributed by atoms with Gasteiger partial charge in [0.1, 0.15) is 10.8 Å². The van der Waals surface area contributed by atoms with Gasteiger partial charge in [-0.05, 0) is 29.5 Å². The third-order valence-corrected chi connectivity index (χ3v) is 3.20. The van der Waals surface area contributed by atoms with Crippen LogP contribution in [0.5, 0.6) is 0 Å². The van der Waals surface area contributed by atoms with Gasteiger partial charge < -0.3 is 5.73 Å². The van der Waals surface area contributed by atoms with Crippen LogP contribution in [0.25, 0.3) is 0 Å². The van der Waals surface area contributed by atoms with Crippen molar-refractivity contribution in [3.8, 4) is 0 Å². The van der Waals surface area contributed by atoms with E-state index in [9.17, 15) is 4.39 Å². The van der Waals surface area contributed by atoms with Crippen LogP contribution in [-0.4, -0.2) is 23.0 Å². The Labute approximate surface area is 127 Å². The van der Waals surface area contributed by atoms with Crippen molar-refractivity contribution in [3.05, 3.63) is 35.1 Å². The lowest BCUT2D eigenvalue weighted by atomic mass is 10.0. The zero-order chi connectivity index (χ0) is 15.3. The molecule has 0 spiro atoms. The van der Waals surface area contributed by atoms with Crippen LogP contribution in [0.2, 0.25) is 0 Å². The summed E-state index contributed by atoms with van der Waals surface area (Å²) in [7, 11) is 0. The molecule has 0 radical (unpaired) electrons. The van der Waals surface area contributed by atoms with Crippen molar-refractivity contribution >= 4 is 17.2 Å². The molecule has 1 aromatic rings. The molecular weight excluding hydrogens is 271 g/mol. The topological polar surface area (TPSA) is 29.3 Å². The molecule has 112 valence electrons. The molecule has 4 heteroatoms. The maximum absolute atomic E-state index is 13.3. The Hall–Kier alpha value is -1.00. The maximum Gasteiger partial charge on any atom is 0.123 e. The van der Waals surface area contributed by atoms with Gasteiger partial charge >= 0.3 is 0 Å². The van der Waals surface area contributed by atoms with E-state index in [4.69, 9.17) is 18.0 Å². The molecule has 1 aromatic carbocycles. The molecule has 1 rings (SSSR count). The lowest BCUT2D eigenvalue weighted by Crippen LogP contribution is -2.31. The van der Waals surface area contributed by atoms with E-state index in [-0.39, 0.29) is 10.8 Å². The van der Waals surface area contributed by atoms with Crippen LogP contribution < -0.4 is 5.73 Å². The van der Waals surface area contributed by atoms with E-state index >= 15 is 0 Å². The lowest BCUT2D eigenvalue weighted by Gasteiger charge is -2.27. The van der Waals surface area contributed by atoms with Gasteiger partial charge in [-0.3, -0.25) is 4.90 Å². The minimum absolute atomic E-state index is 0.258. The molecule has 2 nitrogen and oxygen atoms in total. The van der Waals surface area contributed by atoms with Crippen molar-refractivity contribution < 1.29 is 4.39 Å². The third-order valence-electron chi connectivity index (χ3n) is 2.98. The second-order valence-corrected chi connectivity index (χ2v) is 6.59. The fraction of sp³-hybridized carbons (Fsp3) is 0.562. The van der Waals surface area contributed by atoms with Crippen molar-refractivity contribution in [1.29, 1.82) is 0 Å². The molecule has 0 atom stereocenters. The molecule has 0 amide bonds. The van der Waals surface area contributed by atoms with E-state index in [1.807, 2.05) is 0 Å². The van der Waals surface area contributed by atoms with Crippen molar-refractivity contribution in [2.75, 3.05) is 13.1 Å². The van der Waals surface area contributed by atoms with Gasteiger partial charge in [-0.2, -0.15) is 0 Å². The number of rotatable bonds is 7. The Morgan fingerprint density at radius 2 is 1.75 bits per heavy atom. The zero-order valence-electron chi connectivity index (χ0n) is 12.8. The lowest BCUT2D eigenvalue weighted by molar-refractivity contribution is 0.211. The standard InChI is InChI=1S/C16H25FN2S/c1-11(2)8-19(9-12(3)4)10-13-5-6-14(17)7-15(13)16(18)20/h5-7,11-12H,8-10H2,1-4H3,(H2,18,20). The predicted octanol–water partition coefficient (Wildman–Crippen LogP) is 3.57. The number of halogens is 1. The van der Waals surface area contributed by atoms with Crippen LogP contribution in [0.1, 0.15) is 38.8 Å². The van der Waals surface area contributed by atoms with E-state index in [1.165, 1.54) is 12.1 Å². The van der Waals surface area contributed by atoms with Crippen molar-refractivity contribution in [3.63, 3.8) is 0 Å². The van der Waals surface area contributed by atoms with Gasteiger partial charge in [0.25, 0.3) is 0 Å². The van der Waals surface area contributed by atoms with Gasteiger partial charge in [0, 0.05) is 25.2 Å². The molecule has 0 saturated heterocycles. The average molecular weight is 296 g/mol. The fourth-order valence-electron chi connectivity index (χ4n) is 2.39. The van der Waals surface area contributed by atoms with Gasteiger partial charge in [0.2, 0.25) is 0 Å². The Morgan fingerprint density at radius 1 is 1.20 bits per heavy atom. The molecule has 0 saturated carbocycles. The summed E-state index contributed by atoms with van der Waals surface area (Å²) in [5.41, 5.74) is 7.36. The molecule has 0 aliphatic carbocycles. The summed E-state index contributed by atoms with van der Waals surface area (Å²) >= 11 is 5.03. The number of benzene rings is 1. The highest BCUT2D eigenvalue weighted by Gasteiger charge is 2.14. The van der Waals surface area contributed by atoms with E-state index in [0.29, 0.717) is 17.4 Å². The Kier molecular flexibility index (Phi) is 6.56. The summed E-state index contributed by atoms with van der Waals surface area (Å²) in [6.45, 7) is 11.6. The van der Waals surface area contributed by atoms with Crippen LogP contribution in [0.3, 0.4) is 0 Å². The molecule has 0 heterocycles. The van der Waals surface area contributed by atoms with E-state index in [2.05, 4.69) is 32.6 Å². The Morgan fingerprint density at radius 3 is 2.20 bits per heavy atom. The SMILES string of the molecule is CC(C)CN(Cc1ccc(F)cc1C(N)=S)CC(C)C. The summed E-state index contributed by atoms with van der Waals surface area (Å²) in [4.78, 5) is 2.64. The van der Waals surface area contributed by atoms with Gasteiger partial charge in [-0.15, -0.1) is 0 Å². The molecular formula is C16H25FN2S. The largest absolute Gasteiger partial charge is 0.389 e. The Bertz CT molecular complexity index is 448. The van der Waals surface area contributed by atoms with Crippen LogP contribution in [0.4, 0.5) is 4.39 Å². The molecule has 0 aromatic heterocycles. The van der Waals surface area contributed by atoms with Crippen LogP contribution in [0, 0.1) is 17.7 Å². The minimum atomic E-state index is -0.296. The molecule has 20 heavy (non-hydrogen) atoms. The van der Waals surface area contributed by atoms with Crippen LogP contribution in [-0.2, 0) is 6.54 Å². The summed E-state index contributed by atoms with van der Waals surface area (Å²) < 4.78 is 13.3. The molecule has 0 bridgehead atoms. The highest BCUT2D eigenvalue weighted by Crippen LogP contribution is 2.16. The monoisotopic (exact) mass is 296 g/mol. The summed E-state index contributed by atoms with van der Waals surface area (Å²) in [6, 6.07) is 4.69. The number of nitrogens with two attached hydrogens (primary N) is 1. The van der Waals surface area contributed by atoms with E-state index in [1.54, 1.807) is 6.07 Å². The van der Waals surface area contributed by atoms with Gasteiger partial charge in [-0.25, -0.2) is 4.39 Å². The normalized spacial score (nSPS) is 11.6. The number of nitrogens with zero attached hydrogens (tertiary/aromatic N) is 1.